The number of nitrogens with zero attached hydrogens (tertiary/aromatic N) is 1. The predicted molar refractivity (Wildman–Crippen MR) is 89.6 cm³/mol. The fourth-order valence-corrected chi connectivity index (χ4v) is 4.67. The maximum atomic E-state index is 12.3. The predicted octanol–water partition coefficient (Wildman–Crippen LogP) is 4.82. The number of aromatic nitrogens is 1. The van der Waals surface area contributed by atoms with Crippen molar-refractivity contribution in [2.75, 3.05) is 4.72 Å². The molecule has 0 radical (unpaired) electrons. The van der Waals surface area contributed by atoms with Crippen molar-refractivity contribution in [1.29, 1.82) is 0 Å². The van der Waals surface area contributed by atoms with Gasteiger partial charge in [-0.25, -0.2) is 13.4 Å². The van der Waals surface area contributed by atoms with Gasteiger partial charge < -0.3 is 0 Å². The average molecular weight is 505 g/mol. The molecule has 0 atom stereocenters. The van der Waals surface area contributed by atoms with Crippen molar-refractivity contribution in [1.82, 2.24) is 4.98 Å². The molecular weight excluding hydrogens is 499 g/mol. The number of pyridine rings is 1. The maximum absolute atomic E-state index is 12.3. The number of rotatable bonds is 3. The van der Waals surface area contributed by atoms with Crippen molar-refractivity contribution in [3.05, 3.63) is 49.0 Å². The minimum absolute atomic E-state index is 0.0889. The van der Waals surface area contributed by atoms with E-state index >= 15 is 0 Å². The summed E-state index contributed by atoms with van der Waals surface area (Å²) in [5.41, 5.74) is 0.407. The molecule has 1 N–H and O–H groups in total. The minimum Gasteiger partial charge on any atom is -0.278 e. The van der Waals surface area contributed by atoms with Crippen LogP contribution in [0.4, 0.5) is 5.69 Å². The lowest BCUT2D eigenvalue weighted by Gasteiger charge is -2.11. The minimum atomic E-state index is -3.82. The lowest BCUT2D eigenvalue weighted by atomic mass is 10.3. The third-order valence-electron chi connectivity index (χ3n) is 2.24. The monoisotopic (exact) mass is 502 g/mol. The second kappa shape index (κ2) is 6.31. The molecule has 0 saturated heterocycles. The second-order valence-corrected chi connectivity index (χ2v) is 8.37. The van der Waals surface area contributed by atoms with Crippen LogP contribution in [-0.2, 0) is 10.0 Å². The Hall–Kier alpha value is -0.150. The van der Waals surface area contributed by atoms with Gasteiger partial charge in [0.2, 0.25) is 0 Å². The topological polar surface area (TPSA) is 59.1 Å². The number of benzene rings is 1. The van der Waals surface area contributed by atoms with Crippen molar-refractivity contribution >= 4 is 75.1 Å². The van der Waals surface area contributed by atoms with Gasteiger partial charge in [0.15, 0.2) is 0 Å². The molecular formula is C11H6Br3ClN2O2S. The smallest absolute Gasteiger partial charge is 0.265 e. The van der Waals surface area contributed by atoms with E-state index in [1.54, 1.807) is 18.2 Å². The van der Waals surface area contributed by atoms with E-state index in [0.717, 1.165) is 4.47 Å². The van der Waals surface area contributed by atoms with Gasteiger partial charge in [0.1, 0.15) is 10.0 Å². The third kappa shape index (κ3) is 3.73. The summed E-state index contributed by atoms with van der Waals surface area (Å²) in [4.78, 5) is 3.71. The first kappa shape index (κ1) is 16.2. The second-order valence-electron chi connectivity index (χ2n) is 3.67. The summed E-state index contributed by atoms with van der Waals surface area (Å²) in [5.74, 6) is 0. The van der Waals surface area contributed by atoms with Crippen LogP contribution in [0.2, 0.25) is 5.15 Å². The zero-order valence-electron chi connectivity index (χ0n) is 9.57. The molecule has 4 nitrogen and oxygen atoms in total. The quantitative estimate of drug-likeness (QED) is 0.609. The highest BCUT2D eigenvalue weighted by Gasteiger charge is 2.20. The van der Waals surface area contributed by atoms with E-state index < -0.39 is 10.0 Å². The van der Waals surface area contributed by atoms with Gasteiger partial charge in [0.05, 0.1) is 5.69 Å². The summed E-state index contributed by atoms with van der Waals surface area (Å²) in [7, 11) is -3.82. The molecule has 106 valence electrons. The molecule has 20 heavy (non-hydrogen) atoms. The van der Waals surface area contributed by atoms with Crippen molar-refractivity contribution in [3.63, 3.8) is 0 Å². The molecule has 1 aromatic heterocycles. The molecule has 0 aliphatic rings. The summed E-state index contributed by atoms with van der Waals surface area (Å²) in [6.07, 6.45) is 1.43. The Morgan fingerprint density at radius 1 is 1.10 bits per heavy atom. The van der Waals surface area contributed by atoms with Crippen LogP contribution in [0, 0.1) is 0 Å². The van der Waals surface area contributed by atoms with E-state index in [2.05, 4.69) is 57.5 Å². The Balaban J connectivity index is 2.43. The Bertz CT molecular complexity index is 768. The Labute approximate surface area is 146 Å². The molecule has 1 aromatic carbocycles. The van der Waals surface area contributed by atoms with Crippen LogP contribution in [0.1, 0.15) is 0 Å². The summed E-state index contributed by atoms with van der Waals surface area (Å²) >= 11 is 15.6. The van der Waals surface area contributed by atoms with E-state index in [4.69, 9.17) is 11.6 Å². The molecule has 2 rings (SSSR count). The highest BCUT2D eigenvalue weighted by molar-refractivity contribution is 9.11. The average Bonchev–Trinajstić information content (AvgIpc) is 2.35. The maximum Gasteiger partial charge on any atom is 0.265 e. The zero-order valence-corrected chi connectivity index (χ0v) is 15.9. The van der Waals surface area contributed by atoms with Gasteiger partial charge in [-0.2, -0.15) is 0 Å². The molecule has 0 aliphatic carbocycles. The third-order valence-corrected chi connectivity index (χ3v) is 5.61. The summed E-state index contributed by atoms with van der Waals surface area (Å²) in [6.45, 7) is 0. The van der Waals surface area contributed by atoms with Gasteiger partial charge in [-0.05, 0) is 56.1 Å². The van der Waals surface area contributed by atoms with Crippen LogP contribution >= 0.6 is 59.4 Å². The molecule has 0 bridgehead atoms. The first-order valence-electron chi connectivity index (χ1n) is 5.08. The van der Waals surface area contributed by atoms with Crippen LogP contribution in [0.15, 0.2) is 48.8 Å². The van der Waals surface area contributed by atoms with Crippen LogP contribution in [0.3, 0.4) is 0 Å². The standard InChI is InChI=1S/C11H6Br3ClN2O2S/c12-6-1-2-9(8(14)3-6)17-20(18,19)10-4-7(13)5-16-11(10)15/h1-5,17H. The Morgan fingerprint density at radius 2 is 1.80 bits per heavy atom. The van der Waals surface area contributed by atoms with E-state index in [1.165, 1.54) is 12.3 Å². The molecule has 0 fully saturated rings. The number of halogens is 4. The molecule has 0 amide bonds. The highest BCUT2D eigenvalue weighted by atomic mass is 79.9. The molecule has 0 saturated carbocycles. The fraction of sp³-hybridized carbons (Fsp3) is 0. The molecule has 9 heteroatoms. The summed E-state index contributed by atoms with van der Waals surface area (Å²) in [6, 6.07) is 6.48. The first-order chi connectivity index (χ1) is 9.29. The zero-order chi connectivity index (χ0) is 14.9. The number of hydrogen-bond donors (Lipinski definition) is 1. The lowest BCUT2D eigenvalue weighted by molar-refractivity contribution is 0.601. The summed E-state index contributed by atoms with van der Waals surface area (Å²) in [5, 5.41) is -0.0889. The molecule has 0 spiro atoms. The van der Waals surface area contributed by atoms with Gasteiger partial charge in [-0.15, -0.1) is 0 Å². The van der Waals surface area contributed by atoms with Crippen molar-refractivity contribution in [2.45, 2.75) is 4.90 Å². The Morgan fingerprint density at radius 3 is 2.45 bits per heavy atom. The van der Waals surface area contributed by atoms with E-state index in [-0.39, 0.29) is 10.0 Å². The van der Waals surface area contributed by atoms with E-state index in [0.29, 0.717) is 14.6 Å². The van der Waals surface area contributed by atoms with Crippen LogP contribution < -0.4 is 4.72 Å². The number of anilines is 1. The number of sulfonamides is 1. The lowest BCUT2D eigenvalue weighted by Crippen LogP contribution is -2.14. The Kier molecular flexibility index (Phi) is 5.12. The van der Waals surface area contributed by atoms with Gasteiger partial charge in [0.25, 0.3) is 10.0 Å². The van der Waals surface area contributed by atoms with Crippen LogP contribution in [0.5, 0.6) is 0 Å². The SMILES string of the molecule is O=S(=O)(Nc1ccc(Br)cc1Br)c1cc(Br)cnc1Cl. The number of hydrogen-bond acceptors (Lipinski definition) is 3. The van der Waals surface area contributed by atoms with Gasteiger partial charge in [-0.1, -0.05) is 27.5 Å². The van der Waals surface area contributed by atoms with Crippen LogP contribution in [0.25, 0.3) is 0 Å². The molecule has 0 aliphatic heterocycles. The molecule has 2 aromatic rings. The van der Waals surface area contributed by atoms with Gasteiger partial charge in [0, 0.05) is 19.6 Å². The van der Waals surface area contributed by atoms with E-state index in [9.17, 15) is 8.42 Å². The summed E-state index contributed by atoms with van der Waals surface area (Å²) < 4.78 is 29.1. The van der Waals surface area contributed by atoms with Gasteiger partial charge >= 0.3 is 0 Å². The van der Waals surface area contributed by atoms with Crippen molar-refractivity contribution < 1.29 is 8.42 Å². The van der Waals surface area contributed by atoms with Gasteiger partial charge in [-0.3, -0.25) is 4.72 Å². The molecule has 1 heterocycles. The molecule has 0 unspecified atom stereocenters. The number of nitrogens with one attached hydrogen (secondary N) is 1. The largest absolute Gasteiger partial charge is 0.278 e. The first-order valence-corrected chi connectivity index (χ1v) is 9.32. The van der Waals surface area contributed by atoms with Crippen LogP contribution in [-0.4, -0.2) is 13.4 Å². The fourth-order valence-electron chi connectivity index (χ4n) is 1.36. The van der Waals surface area contributed by atoms with Crippen molar-refractivity contribution in [2.24, 2.45) is 0 Å². The normalized spacial score (nSPS) is 11.4. The van der Waals surface area contributed by atoms with Crippen molar-refractivity contribution in [3.8, 4) is 0 Å². The highest BCUT2D eigenvalue weighted by Crippen LogP contribution is 2.30. The van der Waals surface area contributed by atoms with E-state index in [1.807, 2.05) is 0 Å².